The number of benzene rings is 2. The first-order chi connectivity index (χ1) is 12.2. The molecule has 1 aliphatic rings. The van der Waals surface area contributed by atoms with Crippen molar-refractivity contribution in [1.82, 2.24) is 5.32 Å². The molecular weight excluding hydrogens is 330 g/mol. The second-order valence-electron chi connectivity index (χ2n) is 5.86. The van der Waals surface area contributed by atoms with Crippen LogP contribution in [0.3, 0.4) is 0 Å². The van der Waals surface area contributed by atoms with Crippen LogP contribution in [0.4, 0.5) is 5.69 Å². The smallest absolute Gasteiger partial charge is 0.264 e. The second kappa shape index (κ2) is 8.00. The van der Waals surface area contributed by atoms with Crippen LogP contribution in [0.1, 0.15) is 48.5 Å². The lowest BCUT2D eigenvalue weighted by Gasteiger charge is -2.08. The van der Waals surface area contributed by atoms with Gasteiger partial charge in [-0.25, -0.2) is 0 Å². The fourth-order valence-electron chi connectivity index (χ4n) is 2.81. The maximum atomic E-state index is 11.9. The Labute approximate surface area is 152 Å². The highest BCUT2D eigenvalue weighted by Gasteiger charge is 2.18. The van der Waals surface area contributed by atoms with E-state index < -0.39 is 5.91 Å². The van der Waals surface area contributed by atoms with E-state index in [1.54, 1.807) is 30.1 Å². The Morgan fingerprint density at radius 1 is 1.20 bits per heavy atom. The van der Waals surface area contributed by atoms with Crippen LogP contribution in [0.5, 0.6) is 0 Å². The van der Waals surface area contributed by atoms with Crippen LogP contribution in [-0.4, -0.2) is 11.6 Å². The molecule has 0 radical (unpaired) electrons. The number of nitrogens with one attached hydrogen (secondary N) is 1. The van der Waals surface area contributed by atoms with Gasteiger partial charge in [0.1, 0.15) is 0 Å². The molecular formula is C20H19N3OS. The van der Waals surface area contributed by atoms with Crippen LogP contribution >= 0.6 is 11.8 Å². The summed E-state index contributed by atoms with van der Waals surface area (Å²) in [5, 5.41) is 10.8. The first kappa shape index (κ1) is 17.2. The van der Waals surface area contributed by atoms with Crippen LogP contribution in [0, 0.1) is 11.5 Å². The number of fused-ring (bicyclic) bond motifs is 2. The summed E-state index contributed by atoms with van der Waals surface area (Å²) in [6.45, 7) is 2.19. The van der Waals surface area contributed by atoms with Gasteiger partial charge in [-0.1, -0.05) is 49.7 Å². The van der Waals surface area contributed by atoms with E-state index in [0.717, 1.165) is 29.1 Å². The number of hydrogen-bond donors (Lipinski definition) is 1. The van der Waals surface area contributed by atoms with Gasteiger partial charge >= 0.3 is 0 Å². The summed E-state index contributed by atoms with van der Waals surface area (Å²) in [5.41, 5.74) is 3.47. The summed E-state index contributed by atoms with van der Waals surface area (Å²) in [6, 6.07) is 13.7. The van der Waals surface area contributed by atoms with E-state index in [1.165, 1.54) is 23.3 Å². The maximum Gasteiger partial charge on any atom is 0.264 e. The average molecular weight is 349 g/mol. The molecule has 1 heterocycles. The first-order valence-corrected chi connectivity index (χ1v) is 9.23. The Balaban J connectivity index is 2.03. The number of rotatable bonds is 5. The number of unbranched alkanes of at least 4 members (excludes halogenated alkanes) is 2. The van der Waals surface area contributed by atoms with Gasteiger partial charge in [-0.2, -0.15) is 5.26 Å². The zero-order valence-corrected chi connectivity index (χ0v) is 14.9. The Bertz CT molecular complexity index is 867. The number of hydrogen-bond acceptors (Lipinski definition) is 4. The summed E-state index contributed by atoms with van der Waals surface area (Å²) < 4.78 is 0. The third-order valence-electron chi connectivity index (χ3n) is 4.08. The highest BCUT2D eigenvalue weighted by Crippen LogP contribution is 2.41. The van der Waals surface area contributed by atoms with Gasteiger partial charge < -0.3 is 0 Å². The molecule has 0 saturated heterocycles. The molecule has 2 aromatic carbocycles. The van der Waals surface area contributed by atoms with E-state index in [4.69, 9.17) is 10.3 Å². The Morgan fingerprint density at radius 3 is 2.84 bits per heavy atom. The lowest BCUT2D eigenvalue weighted by atomic mass is 10.0. The predicted molar refractivity (Wildman–Crippen MR) is 100 cm³/mol. The SMILES string of the molecule is CCCCCC1=Nc2cc(C(=O)NC#N)ccc2Sc2ccccc21. The molecule has 3 rings (SSSR count). The number of nitrogens with zero attached hydrogens (tertiary/aromatic N) is 2. The predicted octanol–water partition coefficient (Wildman–Crippen LogP) is 5.06. The number of aliphatic imine (C=N–C) groups is 1. The number of carbonyl (C=O) groups is 1. The van der Waals surface area contributed by atoms with Crippen molar-refractivity contribution >= 4 is 29.1 Å². The first-order valence-electron chi connectivity index (χ1n) is 8.41. The molecule has 5 heteroatoms. The quantitative estimate of drug-likeness (QED) is 0.466. The third kappa shape index (κ3) is 3.92. The summed E-state index contributed by atoms with van der Waals surface area (Å²) in [4.78, 5) is 19.0. The topological polar surface area (TPSA) is 65.2 Å². The minimum Gasteiger partial charge on any atom is -0.268 e. The highest BCUT2D eigenvalue weighted by atomic mass is 32.2. The molecule has 0 atom stereocenters. The lowest BCUT2D eigenvalue weighted by Crippen LogP contribution is -2.17. The fraction of sp³-hybridized carbons (Fsp3) is 0.250. The minimum absolute atomic E-state index is 0.403. The van der Waals surface area contributed by atoms with Crippen LogP contribution < -0.4 is 5.32 Å². The van der Waals surface area contributed by atoms with Crippen molar-refractivity contribution in [2.24, 2.45) is 4.99 Å². The van der Waals surface area contributed by atoms with Crippen molar-refractivity contribution in [3.05, 3.63) is 53.6 Å². The monoisotopic (exact) mass is 349 g/mol. The van der Waals surface area contributed by atoms with Crippen molar-refractivity contribution in [1.29, 1.82) is 5.26 Å². The van der Waals surface area contributed by atoms with Gasteiger partial charge in [0.15, 0.2) is 6.19 Å². The van der Waals surface area contributed by atoms with Crippen molar-refractivity contribution in [2.75, 3.05) is 0 Å². The number of amides is 1. The molecule has 0 aliphatic carbocycles. The molecule has 1 aliphatic heterocycles. The highest BCUT2D eigenvalue weighted by molar-refractivity contribution is 7.99. The fourth-order valence-corrected chi connectivity index (χ4v) is 3.83. The normalized spacial score (nSPS) is 12.2. The molecule has 0 bridgehead atoms. The van der Waals surface area contributed by atoms with E-state index in [2.05, 4.69) is 24.4 Å². The molecule has 1 N–H and O–H groups in total. The van der Waals surface area contributed by atoms with Crippen molar-refractivity contribution < 1.29 is 4.79 Å². The molecule has 0 fully saturated rings. The molecule has 4 nitrogen and oxygen atoms in total. The summed E-state index contributed by atoms with van der Waals surface area (Å²) in [6.07, 6.45) is 6.02. The molecule has 0 aromatic heterocycles. The van der Waals surface area contributed by atoms with Crippen molar-refractivity contribution in [3.63, 3.8) is 0 Å². The molecule has 0 spiro atoms. The van der Waals surface area contributed by atoms with Crippen LogP contribution in [0.25, 0.3) is 0 Å². The Morgan fingerprint density at radius 2 is 2.04 bits per heavy atom. The molecule has 0 unspecified atom stereocenters. The molecule has 2 aromatic rings. The molecule has 126 valence electrons. The summed E-state index contributed by atoms with van der Waals surface area (Å²) >= 11 is 1.67. The third-order valence-corrected chi connectivity index (χ3v) is 5.22. The Kier molecular flexibility index (Phi) is 5.52. The average Bonchev–Trinajstić information content (AvgIpc) is 2.78. The van der Waals surface area contributed by atoms with Crippen molar-refractivity contribution in [3.8, 4) is 6.19 Å². The van der Waals surface area contributed by atoms with Crippen LogP contribution in [0.2, 0.25) is 0 Å². The Hall–Kier alpha value is -2.58. The van der Waals surface area contributed by atoms with Gasteiger partial charge in [0.05, 0.1) is 5.69 Å². The van der Waals surface area contributed by atoms with E-state index in [-0.39, 0.29) is 0 Å². The van der Waals surface area contributed by atoms with E-state index in [9.17, 15) is 4.79 Å². The summed E-state index contributed by atoms with van der Waals surface area (Å²) in [7, 11) is 0. The second-order valence-corrected chi connectivity index (χ2v) is 6.95. The lowest BCUT2D eigenvalue weighted by molar-refractivity contribution is 0.0973. The largest absolute Gasteiger partial charge is 0.268 e. The van der Waals surface area contributed by atoms with Gasteiger partial charge in [-0.15, -0.1) is 0 Å². The van der Waals surface area contributed by atoms with Crippen LogP contribution in [-0.2, 0) is 0 Å². The molecule has 25 heavy (non-hydrogen) atoms. The van der Waals surface area contributed by atoms with E-state index >= 15 is 0 Å². The van der Waals surface area contributed by atoms with E-state index in [0.29, 0.717) is 5.56 Å². The molecule has 1 amide bonds. The zero-order chi connectivity index (χ0) is 17.6. The van der Waals surface area contributed by atoms with Gasteiger partial charge in [0, 0.05) is 26.6 Å². The van der Waals surface area contributed by atoms with Gasteiger partial charge in [-0.3, -0.25) is 15.1 Å². The number of nitriles is 1. The van der Waals surface area contributed by atoms with Crippen LogP contribution in [0.15, 0.2) is 57.2 Å². The van der Waals surface area contributed by atoms with Gasteiger partial charge in [-0.05, 0) is 37.1 Å². The van der Waals surface area contributed by atoms with E-state index in [1.807, 2.05) is 18.2 Å². The zero-order valence-electron chi connectivity index (χ0n) is 14.1. The maximum absolute atomic E-state index is 11.9. The van der Waals surface area contributed by atoms with Gasteiger partial charge in [0.25, 0.3) is 5.91 Å². The minimum atomic E-state index is -0.403. The summed E-state index contributed by atoms with van der Waals surface area (Å²) in [5.74, 6) is -0.403. The standard InChI is InChI=1S/C20H19N3OS/c1-2-3-4-8-16-15-7-5-6-9-18(15)25-19-11-10-14(12-17(19)23-16)20(24)22-13-21/h5-7,9-12H,2-4,8H2,1H3,(H,22,24). The van der Waals surface area contributed by atoms with Crippen molar-refractivity contribution in [2.45, 2.75) is 42.4 Å². The number of carbonyl (C=O) groups excluding carboxylic acids is 1. The van der Waals surface area contributed by atoms with Gasteiger partial charge in [0.2, 0.25) is 0 Å². The molecule has 0 saturated carbocycles.